The molecule has 0 saturated carbocycles. The molecule has 0 amide bonds. The molecule has 0 unspecified atom stereocenters. The zero-order valence-corrected chi connectivity index (χ0v) is 6.15. The van der Waals surface area contributed by atoms with Gasteiger partial charge in [0.15, 0.2) is 0 Å². The van der Waals surface area contributed by atoms with Gasteiger partial charge in [-0.1, -0.05) is 0 Å². The number of hydrogen-bond donors (Lipinski definition) is 1. The van der Waals surface area contributed by atoms with Gasteiger partial charge in [-0.15, -0.1) is 11.6 Å². The van der Waals surface area contributed by atoms with Crippen LogP contribution in [-0.4, -0.2) is 17.0 Å². The Balaban J connectivity index is 0. The van der Waals surface area contributed by atoms with Gasteiger partial charge in [-0.3, -0.25) is 4.79 Å². The van der Waals surface area contributed by atoms with Crippen LogP contribution in [-0.2, 0) is 31.0 Å². The fourth-order valence-corrected chi connectivity index (χ4v) is 0. The van der Waals surface area contributed by atoms with Gasteiger partial charge < -0.3 is 5.11 Å². The zero-order valence-electron chi connectivity index (χ0n) is 2.94. The van der Waals surface area contributed by atoms with Crippen LogP contribution in [0.25, 0.3) is 0 Å². The summed E-state index contributed by atoms with van der Waals surface area (Å²) >= 11 is 4.74. The molecule has 0 saturated heterocycles. The van der Waals surface area contributed by atoms with Gasteiger partial charge in [-0.2, -0.15) is 0 Å². The van der Waals surface area contributed by atoms with E-state index in [2.05, 4.69) is 0 Å². The predicted molar refractivity (Wildman–Crippen MR) is 18.4 cm³/mol. The van der Waals surface area contributed by atoms with Gasteiger partial charge in [0.1, 0.15) is 5.88 Å². The summed E-state index contributed by atoms with van der Waals surface area (Å²) < 4.78 is 0. The second-order valence-electron chi connectivity index (χ2n) is 0.527. The third-order valence-electron chi connectivity index (χ3n) is 0.114. The molecular weight excluding hydrogens is 183 g/mol. The Kier molecular flexibility index (Phi) is 9.23. The van der Waals surface area contributed by atoms with Crippen LogP contribution in [0.5, 0.6) is 0 Å². The summed E-state index contributed by atoms with van der Waals surface area (Å²) in [5.41, 5.74) is 0. The Morgan fingerprint density at radius 2 is 2.00 bits per heavy atom. The number of hydrogen-bond acceptors (Lipinski definition) is 1. The van der Waals surface area contributed by atoms with Crippen LogP contribution >= 0.6 is 11.6 Å². The molecule has 0 aliphatic rings. The first kappa shape index (κ1) is 9.81. The molecule has 0 heterocycles. The molecule has 1 N–H and O–H groups in total. The fourth-order valence-electron chi connectivity index (χ4n) is 0. The summed E-state index contributed by atoms with van der Waals surface area (Å²) in [5, 5.41) is 7.59. The van der Waals surface area contributed by atoms with Gasteiger partial charge in [0.05, 0.1) is 0 Å². The number of rotatable bonds is 1. The van der Waals surface area contributed by atoms with Crippen molar-refractivity contribution in [2.24, 2.45) is 0 Å². The van der Waals surface area contributed by atoms with E-state index in [-0.39, 0.29) is 32.1 Å². The first-order valence-electron chi connectivity index (χ1n) is 1.05. The van der Waals surface area contributed by atoms with Crippen molar-refractivity contribution in [3.63, 3.8) is 0 Å². The predicted octanol–water partition coefficient (Wildman–Crippen LogP) is 0.307. The van der Waals surface area contributed by atoms with Crippen molar-refractivity contribution in [2.45, 2.75) is 0 Å². The van der Waals surface area contributed by atoms with E-state index in [0.29, 0.717) is 0 Å². The van der Waals surface area contributed by atoms with Gasteiger partial charge in [0, 0.05) is 26.2 Å². The van der Waals surface area contributed by atoms with Crippen molar-refractivity contribution in [1.29, 1.82) is 0 Å². The Bertz CT molecular complexity index is 46.8. The van der Waals surface area contributed by atoms with Crippen LogP contribution in [0.1, 0.15) is 0 Å². The van der Waals surface area contributed by atoms with Gasteiger partial charge in [-0.05, 0) is 0 Å². The third kappa shape index (κ3) is 8.82. The van der Waals surface area contributed by atoms with Gasteiger partial charge in [0.25, 0.3) is 0 Å². The molecule has 0 bridgehead atoms. The Morgan fingerprint density at radius 1 is 1.83 bits per heavy atom. The summed E-state index contributed by atoms with van der Waals surface area (Å²) in [4.78, 5) is 9.24. The average molecular weight is 186 g/mol. The maximum atomic E-state index is 9.24. The molecule has 0 aromatic rings. The maximum Gasteiger partial charge on any atom is 0.318 e. The Morgan fingerprint density at radius 3 is 2.00 bits per heavy atom. The standard InChI is InChI=1S/C2H3ClO2.Zr/c3-1-2(4)5;/h1H2,(H,4,5);. The number of halogens is 1. The number of carbonyl (C=O) groups is 1. The molecular formula is C2H3ClO2Zr. The van der Waals surface area contributed by atoms with Gasteiger partial charge in [0.2, 0.25) is 0 Å². The fraction of sp³-hybridized carbons (Fsp3) is 0.500. The summed E-state index contributed by atoms with van der Waals surface area (Å²) in [7, 11) is 0. The first-order chi connectivity index (χ1) is 2.27. The molecule has 0 atom stereocenters. The topological polar surface area (TPSA) is 37.3 Å². The van der Waals surface area contributed by atoms with E-state index in [1.54, 1.807) is 0 Å². The Hall–Kier alpha value is 0.643. The summed E-state index contributed by atoms with van der Waals surface area (Å²) in [6, 6.07) is 0. The second-order valence-corrected chi connectivity index (χ2v) is 0.795. The molecule has 0 aromatic carbocycles. The smallest absolute Gasteiger partial charge is 0.318 e. The SMILES string of the molecule is O=C(O)CCl.[Zr]. The summed E-state index contributed by atoms with van der Waals surface area (Å²) in [5.74, 6) is -1.29. The minimum Gasteiger partial charge on any atom is -0.480 e. The molecule has 0 radical (unpaired) electrons. The summed E-state index contributed by atoms with van der Waals surface area (Å²) in [6.45, 7) is 0. The van der Waals surface area contributed by atoms with Gasteiger partial charge in [-0.25, -0.2) is 0 Å². The number of aliphatic carboxylic acids is 1. The minimum absolute atomic E-state index is 0. The second kappa shape index (κ2) is 5.64. The van der Waals surface area contributed by atoms with Crippen molar-refractivity contribution in [3.05, 3.63) is 0 Å². The van der Waals surface area contributed by atoms with Crippen LogP contribution in [0.2, 0.25) is 0 Å². The van der Waals surface area contributed by atoms with E-state index < -0.39 is 5.97 Å². The van der Waals surface area contributed by atoms with Crippen molar-refractivity contribution >= 4 is 17.6 Å². The maximum absolute atomic E-state index is 9.24. The zero-order chi connectivity index (χ0) is 4.28. The van der Waals surface area contributed by atoms with E-state index in [1.807, 2.05) is 0 Å². The Labute approximate surface area is 59.6 Å². The number of carboxylic acids is 1. The number of alkyl halides is 1. The van der Waals surface area contributed by atoms with Crippen molar-refractivity contribution < 1.29 is 36.1 Å². The molecule has 0 rings (SSSR count). The molecule has 0 aromatic heterocycles. The molecule has 0 aliphatic heterocycles. The minimum atomic E-state index is -0.980. The monoisotopic (exact) mass is 184 g/mol. The molecule has 4 heteroatoms. The van der Waals surface area contributed by atoms with E-state index in [4.69, 9.17) is 16.7 Å². The van der Waals surface area contributed by atoms with Crippen LogP contribution < -0.4 is 0 Å². The van der Waals surface area contributed by atoms with Crippen LogP contribution in [0.15, 0.2) is 0 Å². The molecule has 6 heavy (non-hydrogen) atoms. The van der Waals surface area contributed by atoms with Crippen molar-refractivity contribution in [2.75, 3.05) is 5.88 Å². The van der Waals surface area contributed by atoms with E-state index in [1.165, 1.54) is 0 Å². The number of carboxylic acid groups (broad SMARTS) is 1. The van der Waals surface area contributed by atoms with Crippen LogP contribution in [0.4, 0.5) is 0 Å². The normalized spacial score (nSPS) is 6.17. The van der Waals surface area contributed by atoms with E-state index >= 15 is 0 Å². The third-order valence-corrected chi connectivity index (χ3v) is 0.343. The molecule has 0 aliphatic carbocycles. The van der Waals surface area contributed by atoms with Crippen LogP contribution in [0.3, 0.4) is 0 Å². The molecule has 0 spiro atoms. The van der Waals surface area contributed by atoms with Gasteiger partial charge >= 0.3 is 5.97 Å². The average Bonchev–Trinajstić information content (AvgIpc) is 1.38. The van der Waals surface area contributed by atoms with E-state index in [9.17, 15) is 4.79 Å². The first-order valence-corrected chi connectivity index (χ1v) is 1.58. The molecule has 0 fully saturated rings. The summed E-state index contributed by atoms with van der Waals surface area (Å²) in [6.07, 6.45) is 0. The van der Waals surface area contributed by atoms with E-state index in [0.717, 1.165) is 0 Å². The molecule has 34 valence electrons. The quantitative estimate of drug-likeness (QED) is 0.598. The largest absolute Gasteiger partial charge is 0.480 e. The van der Waals surface area contributed by atoms with Crippen molar-refractivity contribution in [1.82, 2.24) is 0 Å². The van der Waals surface area contributed by atoms with Crippen LogP contribution in [0, 0.1) is 0 Å². The molecule has 2 nitrogen and oxygen atoms in total. The van der Waals surface area contributed by atoms with Crippen molar-refractivity contribution in [3.8, 4) is 0 Å².